The van der Waals surface area contributed by atoms with Crippen LogP contribution < -0.4 is 0 Å². The van der Waals surface area contributed by atoms with Gasteiger partial charge in [-0.2, -0.15) is 0 Å². The van der Waals surface area contributed by atoms with Crippen LogP contribution in [0.2, 0.25) is 0 Å². The molecule has 0 aromatic carbocycles. The van der Waals surface area contributed by atoms with Gasteiger partial charge >= 0.3 is 5.97 Å². The quantitative estimate of drug-likeness (QED) is 0.494. The highest BCUT2D eigenvalue weighted by Crippen LogP contribution is 2.20. The minimum absolute atomic E-state index is 0.0498. The molecule has 0 spiro atoms. The fourth-order valence-corrected chi connectivity index (χ4v) is 1.40. The van der Waals surface area contributed by atoms with Crippen molar-refractivity contribution in [3.8, 4) is 0 Å². The summed E-state index contributed by atoms with van der Waals surface area (Å²) in [4.78, 5) is 10.9. The SMILES string of the molecule is COC(=O)[C@H](O)[C@H]1C=CCCC1. The fraction of sp³-hybridized carbons (Fsp3) is 0.667. The Hall–Kier alpha value is -0.830. The van der Waals surface area contributed by atoms with Crippen molar-refractivity contribution in [2.24, 2.45) is 5.92 Å². The van der Waals surface area contributed by atoms with Crippen molar-refractivity contribution in [3.63, 3.8) is 0 Å². The number of esters is 1. The number of aliphatic hydroxyl groups is 1. The van der Waals surface area contributed by atoms with E-state index in [1.165, 1.54) is 7.11 Å². The van der Waals surface area contributed by atoms with E-state index in [1.807, 2.05) is 12.2 Å². The average Bonchev–Trinajstić information content (AvgIpc) is 2.17. The predicted molar refractivity (Wildman–Crippen MR) is 44.5 cm³/mol. The van der Waals surface area contributed by atoms with E-state index in [9.17, 15) is 9.90 Å². The Morgan fingerprint density at radius 3 is 3.00 bits per heavy atom. The topological polar surface area (TPSA) is 46.5 Å². The van der Waals surface area contributed by atoms with Crippen LogP contribution in [0.3, 0.4) is 0 Å². The first-order valence-electron chi connectivity index (χ1n) is 4.18. The molecule has 1 rings (SSSR count). The number of carbonyl (C=O) groups excluding carboxylic acids is 1. The van der Waals surface area contributed by atoms with Gasteiger partial charge in [0.15, 0.2) is 6.10 Å². The van der Waals surface area contributed by atoms with E-state index in [0.717, 1.165) is 19.3 Å². The maximum absolute atomic E-state index is 10.9. The molecule has 0 unspecified atom stereocenters. The van der Waals surface area contributed by atoms with Crippen molar-refractivity contribution >= 4 is 5.97 Å². The summed E-state index contributed by atoms with van der Waals surface area (Å²) in [6.45, 7) is 0. The Kier molecular flexibility index (Phi) is 3.29. The van der Waals surface area contributed by atoms with E-state index in [-0.39, 0.29) is 5.92 Å². The van der Waals surface area contributed by atoms with Crippen LogP contribution in [0.15, 0.2) is 12.2 Å². The normalized spacial score (nSPS) is 25.0. The molecule has 0 saturated heterocycles. The monoisotopic (exact) mass is 170 g/mol. The van der Waals surface area contributed by atoms with E-state index in [0.29, 0.717) is 0 Å². The van der Waals surface area contributed by atoms with Crippen molar-refractivity contribution in [1.82, 2.24) is 0 Å². The number of rotatable bonds is 2. The van der Waals surface area contributed by atoms with Gasteiger partial charge in [-0.05, 0) is 19.3 Å². The summed E-state index contributed by atoms with van der Waals surface area (Å²) < 4.78 is 4.44. The molecule has 68 valence electrons. The maximum atomic E-state index is 10.9. The van der Waals surface area contributed by atoms with Gasteiger partial charge in [0.25, 0.3) is 0 Å². The molecule has 0 aromatic rings. The molecule has 0 bridgehead atoms. The summed E-state index contributed by atoms with van der Waals surface area (Å²) in [7, 11) is 1.29. The summed E-state index contributed by atoms with van der Waals surface area (Å²) in [6, 6.07) is 0. The molecule has 1 aliphatic carbocycles. The Morgan fingerprint density at radius 1 is 1.75 bits per heavy atom. The van der Waals surface area contributed by atoms with Crippen LogP contribution in [0.4, 0.5) is 0 Å². The lowest BCUT2D eigenvalue weighted by Gasteiger charge is -2.19. The first kappa shape index (κ1) is 9.26. The third-order valence-corrected chi connectivity index (χ3v) is 2.14. The van der Waals surface area contributed by atoms with E-state index in [2.05, 4.69) is 4.74 Å². The molecule has 0 aromatic heterocycles. The number of hydrogen-bond donors (Lipinski definition) is 1. The summed E-state index contributed by atoms with van der Waals surface area (Å²) in [5.41, 5.74) is 0. The molecular weight excluding hydrogens is 156 g/mol. The molecular formula is C9H14O3. The predicted octanol–water partition coefficient (Wildman–Crippen LogP) is 0.877. The Morgan fingerprint density at radius 2 is 2.50 bits per heavy atom. The fourth-order valence-electron chi connectivity index (χ4n) is 1.40. The first-order chi connectivity index (χ1) is 5.75. The lowest BCUT2D eigenvalue weighted by molar-refractivity contribution is -0.152. The second-order valence-electron chi connectivity index (χ2n) is 2.99. The summed E-state index contributed by atoms with van der Waals surface area (Å²) in [5, 5.41) is 9.42. The zero-order valence-corrected chi connectivity index (χ0v) is 7.19. The number of ether oxygens (including phenoxy) is 1. The maximum Gasteiger partial charge on any atom is 0.335 e. The van der Waals surface area contributed by atoms with Crippen molar-refractivity contribution in [3.05, 3.63) is 12.2 Å². The largest absolute Gasteiger partial charge is 0.467 e. The Bertz CT molecular complexity index is 186. The van der Waals surface area contributed by atoms with Crippen LogP contribution in [0.1, 0.15) is 19.3 Å². The van der Waals surface area contributed by atoms with E-state index >= 15 is 0 Å². The van der Waals surface area contributed by atoms with Gasteiger partial charge in [0, 0.05) is 5.92 Å². The van der Waals surface area contributed by atoms with Crippen LogP contribution in [0.25, 0.3) is 0 Å². The van der Waals surface area contributed by atoms with Crippen LogP contribution in [-0.2, 0) is 9.53 Å². The van der Waals surface area contributed by atoms with Crippen LogP contribution in [0.5, 0.6) is 0 Å². The molecule has 3 nitrogen and oxygen atoms in total. The second-order valence-corrected chi connectivity index (χ2v) is 2.99. The highest BCUT2D eigenvalue weighted by molar-refractivity contribution is 5.74. The van der Waals surface area contributed by atoms with Crippen molar-refractivity contribution < 1.29 is 14.6 Å². The lowest BCUT2D eigenvalue weighted by Crippen LogP contribution is -2.30. The van der Waals surface area contributed by atoms with Gasteiger partial charge in [0.2, 0.25) is 0 Å². The van der Waals surface area contributed by atoms with E-state index in [1.54, 1.807) is 0 Å². The smallest absolute Gasteiger partial charge is 0.335 e. The second kappa shape index (κ2) is 4.26. The highest BCUT2D eigenvalue weighted by Gasteiger charge is 2.25. The molecule has 0 amide bonds. The van der Waals surface area contributed by atoms with Gasteiger partial charge in [0.1, 0.15) is 0 Å². The average molecular weight is 170 g/mol. The third-order valence-electron chi connectivity index (χ3n) is 2.14. The number of carbonyl (C=O) groups is 1. The zero-order chi connectivity index (χ0) is 8.97. The third kappa shape index (κ3) is 2.08. The van der Waals surface area contributed by atoms with E-state index < -0.39 is 12.1 Å². The molecule has 0 aliphatic heterocycles. The number of hydrogen-bond acceptors (Lipinski definition) is 3. The van der Waals surface area contributed by atoms with Crippen LogP contribution in [-0.4, -0.2) is 24.3 Å². The van der Waals surface area contributed by atoms with Crippen molar-refractivity contribution in [1.29, 1.82) is 0 Å². The van der Waals surface area contributed by atoms with E-state index in [4.69, 9.17) is 0 Å². The van der Waals surface area contributed by atoms with Crippen molar-refractivity contribution in [2.75, 3.05) is 7.11 Å². The molecule has 3 heteroatoms. The van der Waals surface area contributed by atoms with Gasteiger partial charge in [0.05, 0.1) is 7.11 Å². The summed E-state index contributed by atoms with van der Waals surface area (Å²) >= 11 is 0. The Labute approximate surface area is 72.0 Å². The molecule has 1 N–H and O–H groups in total. The lowest BCUT2D eigenvalue weighted by atomic mass is 9.91. The van der Waals surface area contributed by atoms with Crippen molar-refractivity contribution in [2.45, 2.75) is 25.4 Å². The Balaban J connectivity index is 2.50. The van der Waals surface area contributed by atoms with Gasteiger partial charge in [-0.25, -0.2) is 4.79 Å². The molecule has 0 heterocycles. The van der Waals surface area contributed by atoms with Crippen LogP contribution >= 0.6 is 0 Å². The molecule has 2 atom stereocenters. The van der Waals surface area contributed by atoms with Gasteiger partial charge < -0.3 is 9.84 Å². The molecule has 1 aliphatic rings. The zero-order valence-electron chi connectivity index (χ0n) is 7.19. The molecule has 0 radical (unpaired) electrons. The molecule has 0 fully saturated rings. The van der Waals surface area contributed by atoms with Gasteiger partial charge in [-0.3, -0.25) is 0 Å². The standard InChI is InChI=1S/C9H14O3/c1-12-9(11)8(10)7-5-3-2-4-6-7/h3,5,7-8,10H,2,4,6H2,1H3/t7-,8+/m0/s1. The molecule has 0 saturated carbocycles. The summed E-state index contributed by atoms with van der Waals surface area (Å²) in [6.07, 6.45) is 5.86. The number of allylic oxidation sites excluding steroid dienone is 1. The van der Waals surface area contributed by atoms with Crippen LogP contribution in [0, 0.1) is 5.92 Å². The van der Waals surface area contributed by atoms with Gasteiger partial charge in [-0.15, -0.1) is 0 Å². The highest BCUT2D eigenvalue weighted by atomic mass is 16.5. The number of aliphatic hydroxyl groups excluding tert-OH is 1. The molecule has 12 heavy (non-hydrogen) atoms. The first-order valence-corrected chi connectivity index (χ1v) is 4.18. The number of methoxy groups -OCH3 is 1. The minimum Gasteiger partial charge on any atom is -0.467 e. The summed E-state index contributed by atoms with van der Waals surface area (Å²) in [5.74, 6) is -0.585. The van der Waals surface area contributed by atoms with Gasteiger partial charge in [-0.1, -0.05) is 12.2 Å². The minimum atomic E-state index is -0.980.